The van der Waals surface area contributed by atoms with Crippen LogP contribution in [0.3, 0.4) is 0 Å². The molecule has 0 heterocycles. The third-order valence-electron chi connectivity index (χ3n) is 5.96. The van der Waals surface area contributed by atoms with E-state index in [-0.39, 0.29) is 26.8 Å². The van der Waals surface area contributed by atoms with Gasteiger partial charge in [-0.15, -0.1) is 11.8 Å². The van der Waals surface area contributed by atoms with Gasteiger partial charge in [-0.25, -0.2) is 0 Å². The summed E-state index contributed by atoms with van der Waals surface area (Å²) in [4.78, 5) is 0. The van der Waals surface area contributed by atoms with E-state index in [0.717, 1.165) is 11.1 Å². The van der Waals surface area contributed by atoms with Crippen LogP contribution in [0.15, 0.2) is 48.5 Å². The number of rotatable bonds is 10. The summed E-state index contributed by atoms with van der Waals surface area (Å²) >= 11 is 0. The summed E-state index contributed by atoms with van der Waals surface area (Å²) in [6, 6.07) is 15.0. The van der Waals surface area contributed by atoms with Gasteiger partial charge in [-0.1, -0.05) is 59.8 Å². The first-order chi connectivity index (χ1) is 20.5. The van der Waals surface area contributed by atoms with Gasteiger partial charge in [0.05, 0.1) is 22.3 Å². The van der Waals surface area contributed by atoms with Crippen molar-refractivity contribution in [1.29, 1.82) is 0 Å². The van der Waals surface area contributed by atoms with Crippen molar-refractivity contribution in [2.45, 2.75) is 27.7 Å². The van der Waals surface area contributed by atoms with Gasteiger partial charge in [-0.2, -0.15) is 0 Å². The van der Waals surface area contributed by atoms with Crippen LogP contribution < -0.4 is 18.9 Å². The van der Waals surface area contributed by atoms with Crippen LogP contribution in [-0.4, -0.2) is 41.0 Å². The molecular weight excluding hydrogens is 528 g/mol. The smallest absolute Gasteiger partial charge is 0.188 e. The van der Waals surface area contributed by atoms with Crippen LogP contribution in [0.2, 0.25) is 0 Å². The van der Waals surface area contributed by atoms with E-state index in [1.807, 2.05) is 62.4 Å². The highest BCUT2D eigenvalue weighted by Crippen LogP contribution is 2.38. The molecule has 6 nitrogen and oxygen atoms in total. The number of ether oxygens (including phenoxy) is 6. The van der Waals surface area contributed by atoms with E-state index in [0.29, 0.717) is 45.3 Å². The lowest BCUT2D eigenvalue weighted by molar-refractivity contribution is 0.0507. The summed E-state index contributed by atoms with van der Waals surface area (Å²) < 4.78 is 34.0. The molecule has 3 aromatic carbocycles. The van der Waals surface area contributed by atoms with Crippen molar-refractivity contribution < 1.29 is 28.4 Å². The second-order valence-corrected chi connectivity index (χ2v) is 8.68. The van der Waals surface area contributed by atoms with Gasteiger partial charge in [-0.3, -0.25) is 0 Å². The zero-order valence-electron chi connectivity index (χ0n) is 24.9. The zero-order valence-corrected chi connectivity index (χ0v) is 24.9. The van der Waals surface area contributed by atoms with Crippen molar-refractivity contribution in [1.82, 2.24) is 0 Å². The van der Waals surface area contributed by atoms with Gasteiger partial charge in [0, 0.05) is 14.2 Å². The van der Waals surface area contributed by atoms with Gasteiger partial charge in [0.1, 0.15) is 36.2 Å². The first-order valence-corrected chi connectivity index (χ1v) is 13.2. The van der Waals surface area contributed by atoms with Crippen LogP contribution >= 0.6 is 0 Å². The minimum absolute atomic E-state index is 0.101. The predicted molar refractivity (Wildman–Crippen MR) is 164 cm³/mol. The average molecular weight is 563 g/mol. The van der Waals surface area contributed by atoms with Crippen molar-refractivity contribution in [3.63, 3.8) is 0 Å². The van der Waals surface area contributed by atoms with E-state index >= 15 is 0 Å². The lowest BCUT2D eigenvalue weighted by Crippen LogP contribution is -2.07. The summed E-state index contributed by atoms with van der Waals surface area (Å²) in [5.74, 6) is 27.2. The SMILES string of the molecule is CC#CCOc1c(C)c(C)c(OCC#CC)c(C#Cc2ccccc2OCOC)c1C#Cc1ccccc1OCOC. The molecule has 6 heteroatoms. The summed E-state index contributed by atoms with van der Waals surface area (Å²) in [7, 11) is 3.14. The van der Waals surface area contributed by atoms with Gasteiger partial charge < -0.3 is 28.4 Å². The monoisotopic (exact) mass is 562 g/mol. The van der Waals surface area contributed by atoms with Crippen molar-refractivity contribution in [3.05, 3.63) is 81.9 Å². The molecule has 0 amide bonds. The standard InChI is InChI=1S/C36H34O6/c1-7-9-23-39-35-27(3)28(4)36(40-24-10-8-2)32(22-20-30-16-12-14-18-34(30)42-26-38-6)31(35)21-19-29-15-11-13-17-33(29)41-25-37-5/h11-18H,23-26H2,1-6H3. The van der Waals surface area contributed by atoms with E-state index in [1.165, 1.54) is 0 Å². The summed E-state index contributed by atoms with van der Waals surface area (Å²) in [5, 5.41) is 0. The molecule has 3 aromatic rings. The van der Waals surface area contributed by atoms with Crippen molar-refractivity contribution in [2.24, 2.45) is 0 Å². The Bertz CT molecular complexity index is 1500. The average Bonchev–Trinajstić information content (AvgIpc) is 3.01. The Morgan fingerprint density at radius 1 is 0.548 bits per heavy atom. The molecule has 0 atom stereocenters. The highest BCUT2D eigenvalue weighted by Gasteiger charge is 2.21. The molecule has 0 radical (unpaired) electrons. The maximum Gasteiger partial charge on any atom is 0.188 e. The van der Waals surface area contributed by atoms with Gasteiger partial charge in [0.15, 0.2) is 13.6 Å². The molecule has 0 aliphatic carbocycles. The molecule has 0 aromatic heterocycles. The van der Waals surface area contributed by atoms with Crippen LogP contribution in [-0.2, 0) is 9.47 Å². The molecule has 0 spiro atoms. The van der Waals surface area contributed by atoms with Crippen LogP contribution in [0, 0.1) is 61.2 Å². The Kier molecular flexibility index (Phi) is 12.7. The predicted octanol–water partition coefficient (Wildman–Crippen LogP) is 5.87. The number of benzene rings is 3. The first kappa shape index (κ1) is 31.5. The highest BCUT2D eigenvalue weighted by atomic mass is 16.7. The van der Waals surface area contributed by atoms with Gasteiger partial charge in [0.25, 0.3) is 0 Å². The highest BCUT2D eigenvalue weighted by molar-refractivity contribution is 5.71. The normalized spacial score (nSPS) is 9.48. The number of methoxy groups -OCH3 is 2. The molecule has 214 valence electrons. The Morgan fingerprint density at radius 3 is 1.33 bits per heavy atom. The first-order valence-electron chi connectivity index (χ1n) is 13.2. The topological polar surface area (TPSA) is 55.4 Å². The minimum Gasteiger partial charge on any atom is -0.479 e. The molecule has 0 aliphatic rings. The van der Waals surface area contributed by atoms with Gasteiger partial charge in [-0.05, 0) is 63.1 Å². The lowest BCUT2D eigenvalue weighted by Gasteiger charge is -2.18. The van der Waals surface area contributed by atoms with Crippen LogP contribution in [0.1, 0.15) is 47.2 Å². The molecule has 0 saturated heterocycles. The Labute approximate surface area is 249 Å². The molecule has 3 rings (SSSR count). The fourth-order valence-electron chi connectivity index (χ4n) is 3.80. The van der Waals surface area contributed by atoms with Gasteiger partial charge >= 0.3 is 0 Å². The molecule has 0 fully saturated rings. The molecule has 0 bridgehead atoms. The van der Waals surface area contributed by atoms with Crippen LogP contribution in [0.25, 0.3) is 0 Å². The van der Waals surface area contributed by atoms with Crippen molar-refractivity contribution >= 4 is 0 Å². The van der Waals surface area contributed by atoms with E-state index < -0.39 is 0 Å². The number of hydrogen-bond donors (Lipinski definition) is 0. The second-order valence-electron chi connectivity index (χ2n) is 8.68. The van der Waals surface area contributed by atoms with E-state index in [2.05, 4.69) is 47.4 Å². The largest absolute Gasteiger partial charge is 0.479 e. The molecule has 42 heavy (non-hydrogen) atoms. The number of hydrogen-bond acceptors (Lipinski definition) is 6. The van der Waals surface area contributed by atoms with Crippen molar-refractivity contribution in [3.8, 4) is 70.4 Å². The molecule has 0 saturated carbocycles. The fourth-order valence-corrected chi connectivity index (χ4v) is 3.80. The summed E-state index contributed by atoms with van der Waals surface area (Å²) in [5.41, 5.74) is 4.25. The molecule has 0 N–H and O–H groups in total. The van der Waals surface area contributed by atoms with Gasteiger partial charge in [0.2, 0.25) is 0 Å². The van der Waals surface area contributed by atoms with Crippen molar-refractivity contribution in [2.75, 3.05) is 41.0 Å². The van der Waals surface area contributed by atoms with E-state index in [9.17, 15) is 0 Å². The Morgan fingerprint density at radius 2 is 0.952 bits per heavy atom. The second kappa shape index (κ2) is 17.0. The van der Waals surface area contributed by atoms with E-state index in [4.69, 9.17) is 28.4 Å². The Balaban J connectivity index is 2.31. The molecule has 0 unspecified atom stereocenters. The molecule has 0 aliphatic heterocycles. The quantitative estimate of drug-likeness (QED) is 0.228. The zero-order chi connectivity index (χ0) is 30.2. The summed E-state index contributed by atoms with van der Waals surface area (Å²) in [6.45, 7) is 8.06. The van der Waals surface area contributed by atoms with E-state index in [1.54, 1.807) is 28.1 Å². The maximum absolute atomic E-state index is 6.20. The number of para-hydroxylation sites is 2. The lowest BCUT2D eigenvalue weighted by atomic mass is 9.96. The third-order valence-corrected chi connectivity index (χ3v) is 5.96. The third kappa shape index (κ3) is 8.51. The fraction of sp³-hybridized carbons (Fsp3) is 0.278. The maximum atomic E-state index is 6.20. The van der Waals surface area contributed by atoms with Crippen LogP contribution in [0.5, 0.6) is 23.0 Å². The Hall–Kier alpha value is -4.98. The molecular formula is C36H34O6. The minimum atomic E-state index is 0.101. The van der Waals surface area contributed by atoms with Crippen LogP contribution in [0.4, 0.5) is 0 Å². The summed E-state index contributed by atoms with van der Waals surface area (Å²) in [6.07, 6.45) is 0.